The monoisotopic (exact) mass is 450 g/mol. The Morgan fingerprint density at radius 1 is 1.22 bits per heavy atom. The number of nitrogens with one attached hydrogen (secondary N) is 1. The number of benzene rings is 1. The fourth-order valence-electron chi connectivity index (χ4n) is 4.38. The maximum atomic E-state index is 13.1. The summed E-state index contributed by atoms with van der Waals surface area (Å²) < 4.78 is 1.94. The fraction of sp³-hybridized carbons (Fsp3) is 0.440. The van der Waals surface area contributed by atoms with Crippen molar-refractivity contribution in [3.8, 4) is 0 Å². The number of thioether (sulfide) groups is 1. The molecule has 7 heteroatoms. The van der Waals surface area contributed by atoms with Crippen molar-refractivity contribution in [1.29, 1.82) is 0 Å². The van der Waals surface area contributed by atoms with Gasteiger partial charge in [0.2, 0.25) is 5.91 Å². The second kappa shape index (κ2) is 10.3. The molecule has 1 fully saturated rings. The molecule has 4 rings (SSSR count). The van der Waals surface area contributed by atoms with Gasteiger partial charge in [0.25, 0.3) is 0 Å². The lowest BCUT2D eigenvalue weighted by atomic mass is 9.94. The van der Waals surface area contributed by atoms with Crippen LogP contribution >= 0.6 is 11.8 Å². The minimum absolute atomic E-state index is 0.0255. The van der Waals surface area contributed by atoms with Gasteiger partial charge in [-0.3, -0.25) is 14.0 Å². The summed E-state index contributed by atoms with van der Waals surface area (Å²) in [4.78, 5) is 25.1. The molecule has 1 amide bonds. The van der Waals surface area contributed by atoms with Gasteiger partial charge in [-0.05, 0) is 67.9 Å². The average Bonchev–Trinajstić information content (AvgIpc) is 3.42. The Labute approximate surface area is 193 Å². The van der Waals surface area contributed by atoms with Crippen LogP contribution < -0.4 is 5.32 Å². The van der Waals surface area contributed by atoms with Crippen LogP contribution in [-0.4, -0.2) is 38.3 Å². The fourth-order valence-corrected chi connectivity index (χ4v) is 4.85. The SMILES string of the molecule is CSCCC(NC(=O)C(C)c1ccc(CC2CCCC2=O)cc1)c1nnc2ccccn12. The van der Waals surface area contributed by atoms with Gasteiger partial charge >= 0.3 is 0 Å². The molecular weight excluding hydrogens is 420 g/mol. The van der Waals surface area contributed by atoms with Crippen molar-refractivity contribution in [3.63, 3.8) is 0 Å². The van der Waals surface area contributed by atoms with Crippen molar-refractivity contribution in [1.82, 2.24) is 19.9 Å². The molecule has 1 saturated carbocycles. The zero-order valence-corrected chi connectivity index (χ0v) is 19.5. The summed E-state index contributed by atoms with van der Waals surface area (Å²) in [7, 11) is 0. The van der Waals surface area contributed by atoms with E-state index >= 15 is 0 Å². The maximum absolute atomic E-state index is 13.1. The summed E-state index contributed by atoms with van der Waals surface area (Å²) >= 11 is 1.75. The third-order valence-electron chi connectivity index (χ3n) is 6.37. The number of carbonyl (C=O) groups excluding carboxylic acids is 2. The number of nitrogens with zero attached hydrogens (tertiary/aromatic N) is 3. The lowest BCUT2D eigenvalue weighted by molar-refractivity contribution is -0.123. The second-order valence-electron chi connectivity index (χ2n) is 8.55. The molecule has 0 spiro atoms. The van der Waals surface area contributed by atoms with Crippen LogP contribution in [0.1, 0.15) is 61.5 Å². The highest BCUT2D eigenvalue weighted by Crippen LogP contribution is 2.26. The summed E-state index contributed by atoms with van der Waals surface area (Å²) in [5.74, 6) is 1.91. The molecule has 6 nitrogen and oxygen atoms in total. The molecule has 3 atom stereocenters. The van der Waals surface area contributed by atoms with Crippen molar-refractivity contribution in [3.05, 3.63) is 65.6 Å². The van der Waals surface area contributed by atoms with Crippen LogP contribution in [0.15, 0.2) is 48.7 Å². The molecule has 32 heavy (non-hydrogen) atoms. The van der Waals surface area contributed by atoms with Gasteiger partial charge in [-0.15, -0.1) is 10.2 Å². The van der Waals surface area contributed by atoms with Gasteiger partial charge in [-0.2, -0.15) is 11.8 Å². The molecule has 0 bridgehead atoms. The predicted molar refractivity (Wildman–Crippen MR) is 128 cm³/mol. The van der Waals surface area contributed by atoms with Crippen molar-refractivity contribution in [2.24, 2.45) is 5.92 Å². The number of Topliss-reactive ketones (excluding diaryl/α,β-unsaturated/α-hetero) is 1. The third-order valence-corrected chi connectivity index (χ3v) is 7.01. The van der Waals surface area contributed by atoms with E-state index in [4.69, 9.17) is 0 Å². The van der Waals surface area contributed by atoms with Crippen molar-refractivity contribution >= 4 is 29.1 Å². The molecule has 2 aromatic heterocycles. The third kappa shape index (κ3) is 5.04. The Morgan fingerprint density at radius 2 is 2.03 bits per heavy atom. The van der Waals surface area contributed by atoms with Crippen molar-refractivity contribution in [2.75, 3.05) is 12.0 Å². The van der Waals surface area contributed by atoms with Gasteiger partial charge in [0, 0.05) is 18.5 Å². The van der Waals surface area contributed by atoms with E-state index < -0.39 is 0 Å². The molecule has 1 aliphatic rings. The first kappa shape index (κ1) is 22.5. The first-order chi connectivity index (χ1) is 15.6. The number of rotatable bonds is 9. The Bertz CT molecular complexity index is 1080. The molecule has 1 aliphatic carbocycles. The largest absolute Gasteiger partial charge is 0.346 e. The van der Waals surface area contributed by atoms with E-state index in [1.165, 1.54) is 0 Å². The van der Waals surface area contributed by atoms with E-state index in [1.54, 1.807) is 11.8 Å². The van der Waals surface area contributed by atoms with Crippen LogP contribution in [0, 0.1) is 5.92 Å². The number of hydrogen-bond acceptors (Lipinski definition) is 5. The van der Waals surface area contributed by atoms with E-state index in [0.717, 1.165) is 60.5 Å². The highest BCUT2D eigenvalue weighted by Gasteiger charge is 2.25. The van der Waals surface area contributed by atoms with Crippen LogP contribution in [0.4, 0.5) is 0 Å². The van der Waals surface area contributed by atoms with Crippen LogP contribution in [0.2, 0.25) is 0 Å². The smallest absolute Gasteiger partial charge is 0.227 e. The van der Waals surface area contributed by atoms with Crippen molar-refractivity contribution in [2.45, 2.75) is 51.0 Å². The Kier molecular flexibility index (Phi) is 7.25. The number of amides is 1. The van der Waals surface area contributed by atoms with Gasteiger partial charge in [0.15, 0.2) is 11.5 Å². The molecule has 168 valence electrons. The van der Waals surface area contributed by atoms with E-state index in [0.29, 0.717) is 5.78 Å². The Hall–Kier alpha value is -2.67. The van der Waals surface area contributed by atoms with Gasteiger partial charge in [0.1, 0.15) is 5.78 Å². The number of hydrogen-bond donors (Lipinski definition) is 1. The zero-order valence-electron chi connectivity index (χ0n) is 18.7. The second-order valence-corrected chi connectivity index (χ2v) is 9.54. The quantitative estimate of drug-likeness (QED) is 0.524. The lowest BCUT2D eigenvalue weighted by Crippen LogP contribution is -2.33. The summed E-state index contributed by atoms with van der Waals surface area (Å²) in [6.07, 6.45) is 8.30. The standard InChI is InChI=1S/C25H30N4O2S/c1-17(19-11-9-18(10-12-19)16-20-6-5-7-22(20)30)25(31)26-21(13-15-32-2)24-28-27-23-8-3-4-14-29(23)24/h3-4,8-12,14,17,20-21H,5-7,13,15-16H2,1-2H3,(H,26,31). The molecule has 3 aromatic rings. The molecule has 3 unspecified atom stereocenters. The number of carbonyl (C=O) groups is 2. The zero-order chi connectivity index (χ0) is 22.5. The number of fused-ring (bicyclic) bond motifs is 1. The van der Waals surface area contributed by atoms with Crippen molar-refractivity contribution < 1.29 is 9.59 Å². The molecule has 0 radical (unpaired) electrons. The summed E-state index contributed by atoms with van der Waals surface area (Å²) in [5, 5.41) is 11.8. The highest BCUT2D eigenvalue weighted by molar-refractivity contribution is 7.98. The van der Waals surface area contributed by atoms with Gasteiger partial charge < -0.3 is 5.32 Å². The van der Waals surface area contributed by atoms with E-state index in [1.807, 2.05) is 47.9 Å². The van der Waals surface area contributed by atoms with Crippen LogP contribution in [0.25, 0.3) is 5.65 Å². The van der Waals surface area contributed by atoms with Gasteiger partial charge in [-0.1, -0.05) is 30.3 Å². The molecule has 1 N–H and O–H groups in total. The maximum Gasteiger partial charge on any atom is 0.227 e. The van der Waals surface area contributed by atoms with Crippen LogP contribution in [0.5, 0.6) is 0 Å². The summed E-state index contributed by atoms with van der Waals surface area (Å²) in [5.41, 5.74) is 2.91. The van der Waals surface area contributed by atoms with Crippen LogP contribution in [0.3, 0.4) is 0 Å². The average molecular weight is 451 g/mol. The Balaban J connectivity index is 1.45. The molecule has 0 aliphatic heterocycles. The van der Waals surface area contributed by atoms with Crippen LogP contribution in [-0.2, 0) is 16.0 Å². The number of pyridine rings is 1. The van der Waals surface area contributed by atoms with E-state index in [2.05, 4.69) is 33.9 Å². The van der Waals surface area contributed by atoms with Gasteiger partial charge in [0.05, 0.1) is 12.0 Å². The summed E-state index contributed by atoms with van der Waals surface area (Å²) in [6.45, 7) is 1.93. The van der Waals surface area contributed by atoms with Gasteiger partial charge in [-0.25, -0.2) is 0 Å². The normalized spacial score (nSPS) is 18.1. The minimum atomic E-state index is -0.284. The first-order valence-electron chi connectivity index (χ1n) is 11.3. The predicted octanol–water partition coefficient (Wildman–Crippen LogP) is 4.36. The molecule has 1 aromatic carbocycles. The molecule has 0 saturated heterocycles. The molecular formula is C25H30N4O2S. The highest BCUT2D eigenvalue weighted by atomic mass is 32.2. The summed E-state index contributed by atoms with van der Waals surface area (Å²) in [6, 6.07) is 13.7. The first-order valence-corrected chi connectivity index (χ1v) is 12.7. The number of aromatic nitrogens is 3. The molecule has 2 heterocycles. The van der Waals surface area contributed by atoms with E-state index in [9.17, 15) is 9.59 Å². The lowest BCUT2D eigenvalue weighted by Gasteiger charge is -2.20. The van der Waals surface area contributed by atoms with E-state index in [-0.39, 0.29) is 23.8 Å². The number of ketones is 1. The Morgan fingerprint density at radius 3 is 2.75 bits per heavy atom. The topological polar surface area (TPSA) is 76.4 Å². The minimum Gasteiger partial charge on any atom is -0.346 e.